The number of pyridine rings is 2. The van der Waals surface area contributed by atoms with E-state index < -0.39 is 18.5 Å². The highest BCUT2D eigenvalue weighted by Crippen LogP contribution is 2.18. The van der Waals surface area contributed by atoms with Crippen LogP contribution in [0.1, 0.15) is 21.9 Å². The highest BCUT2D eigenvalue weighted by molar-refractivity contribution is 6.33. The lowest BCUT2D eigenvalue weighted by Crippen LogP contribution is -2.22. The Bertz CT molecular complexity index is 1030. The maximum atomic E-state index is 12.3. The first-order valence-electron chi connectivity index (χ1n) is 8.12. The van der Waals surface area contributed by atoms with Crippen LogP contribution in [-0.2, 0) is 9.53 Å². The Morgan fingerprint density at radius 2 is 1.96 bits per heavy atom. The second kappa shape index (κ2) is 8.37. The zero-order chi connectivity index (χ0) is 20.3. The number of anilines is 1. The molecule has 0 fully saturated rings. The summed E-state index contributed by atoms with van der Waals surface area (Å²) in [6.07, 6.45) is 1.39. The van der Waals surface area contributed by atoms with Crippen LogP contribution in [-0.4, -0.2) is 38.2 Å². The third-order valence-corrected chi connectivity index (χ3v) is 4.11. The smallest absolute Gasteiger partial charge is 0.359 e. The Morgan fingerprint density at radius 3 is 2.61 bits per heavy atom. The Balaban J connectivity index is 1.68. The summed E-state index contributed by atoms with van der Waals surface area (Å²) in [5, 5.41) is 7.35. The van der Waals surface area contributed by atoms with Gasteiger partial charge in [0.25, 0.3) is 5.91 Å². The molecule has 28 heavy (non-hydrogen) atoms. The first-order chi connectivity index (χ1) is 13.3. The van der Waals surface area contributed by atoms with Gasteiger partial charge in [0.1, 0.15) is 5.82 Å². The third-order valence-electron chi connectivity index (χ3n) is 3.58. The highest BCUT2D eigenvalue weighted by atomic mass is 35.5. The van der Waals surface area contributed by atoms with Crippen molar-refractivity contribution in [2.75, 3.05) is 11.9 Å². The van der Waals surface area contributed by atoms with Crippen molar-refractivity contribution in [3.63, 3.8) is 0 Å². The van der Waals surface area contributed by atoms with Crippen LogP contribution in [0.3, 0.4) is 0 Å². The molecule has 144 valence electrons. The van der Waals surface area contributed by atoms with Crippen molar-refractivity contribution < 1.29 is 14.3 Å². The van der Waals surface area contributed by atoms with E-state index in [4.69, 9.17) is 27.9 Å². The van der Waals surface area contributed by atoms with E-state index in [1.54, 1.807) is 16.8 Å². The number of amides is 1. The maximum absolute atomic E-state index is 12.3. The van der Waals surface area contributed by atoms with Gasteiger partial charge in [-0.15, -0.1) is 0 Å². The summed E-state index contributed by atoms with van der Waals surface area (Å²) in [6, 6.07) is 8.14. The van der Waals surface area contributed by atoms with Gasteiger partial charge in [0.05, 0.1) is 15.7 Å². The molecule has 3 aromatic heterocycles. The van der Waals surface area contributed by atoms with Crippen LogP contribution in [0.25, 0.3) is 5.82 Å². The van der Waals surface area contributed by atoms with Crippen LogP contribution in [0.5, 0.6) is 0 Å². The second-order valence-electron chi connectivity index (χ2n) is 5.82. The van der Waals surface area contributed by atoms with Crippen molar-refractivity contribution in [2.24, 2.45) is 0 Å². The first kappa shape index (κ1) is 19.8. The van der Waals surface area contributed by atoms with Gasteiger partial charge in [-0.2, -0.15) is 5.10 Å². The lowest BCUT2D eigenvalue weighted by atomic mass is 10.3. The van der Waals surface area contributed by atoms with Crippen LogP contribution < -0.4 is 5.32 Å². The maximum Gasteiger partial charge on any atom is 0.359 e. The molecule has 0 aromatic carbocycles. The molecule has 8 nitrogen and oxygen atoms in total. The Kier molecular flexibility index (Phi) is 5.91. The van der Waals surface area contributed by atoms with E-state index in [0.717, 1.165) is 11.4 Å². The SMILES string of the molecule is Cc1cc(C)n(-c2ccc(Cl)c(C(=O)OCC(=O)Nc3ccc(Cl)cn3)n2)n1. The molecule has 0 unspecified atom stereocenters. The van der Waals surface area contributed by atoms with E-state index in [0.29, 0.717) is 10.8 Å². The van der Waals surface area contributed by atoms with Crippen LogP contribution in [0.15, 0.2) is 36.5 Å². The predicted molar refractivity (Wildman–Crippen MR) is 104 cm³/mol. The molecule has 10 heteroatoms. The summed E-state index contributed by atoms with van der Waals surface area (Å²) in [5.74, 6) is -0.688. The molecule has 1 amide bonds. The summed E-state index contributed by atoms with van der Waals surface area (Å²) in [5.41, 5.74) is 1.55. The number of hydrogen-bond acceptors (Lipinski definition) is 6. The number of nitrogens with zero attached hydrogens (tertiary/aromatic N) is 4. The fourth-order valence-electron chi connectivity index (χ4n) is 2.38. The summed E-state index contributed by atoms with van der Waals surface area (Å²) in [4.78, 5) is 32.4. The molecule has 0 spiro atoms. The molecule has 0 radical (unpaired) electrons. The molecule has 3 rings (SSSR count). The Morgan fingerprint density at radius 1 is 1.18 bits per heavy atom. The lowest BCUT2D eigenvalue weighted by Gasteiger charge is -2.09. The summed E-state index contributed by atoms with van der Waals surface area (Å²) in [7, 11) is 0. The van der Waals surface area contributed by atoms with E-state index >= 15 is 0 Å². The molecule has 0 saturated carbocycles. The zero-order valence-corrected chi connectivity index (χ0v) is 16.5. The molecule has 0 bridgehead atoms. The van der Waals surface area contributed by atoms with E-state index in [-0.39, 0.29) is 16.5 Å². The standard InChI is InChI=1S/C18H15Cl2N5O3/c1-10-7-11(2)25(24-10)15-6-4-13(20)17(23-15)18(27)28-9-16(26)22-14-5-3-12(19)8-21-14/h3-8H,9H2,1-2H3,(H,21,22,26). The van der Waals surface area contributed by atoms with Gasteiger partial charge in [-0.05, 0) is 44.2 Å². The van der Waals surface area contributed by atoms with Crippen molar-refractivity contribution in [1.29, 1.82) is 0 Å². The summed E-state index contributed by atoms with van der Waals surface area (Å²) >= 11 is 11.8. The van der Waals surface area contributed by atoms with Gasteiger partial charge < -0.3 is 10.1 Å². The molecule has 3 heterocycles. The van der Waals surface area contributed by atoms with E-state index in [2.05, 4.69) is 20.4 Å². The van der Waals surface area contributed by atoms with Crippen molar-refractivity contribution >= 4 is 40.9 Å². The number of carbonyl (C=O) groups is 2. The van der Waals surface area contributed by atoms with Crippen LogP contribution >= 0.6 is 23.2 Å². The molecule has 0 aliphatic carbocycles. The molecule has 0 aliphatic rings. The average Bonchev–Trinajstić information content (AvgIpc) is 3.00. The quantitative estimate of drug-likeness (QED) is 0.636. The fourth-order valence-corrected chi connectivity index (χ4v) is 2.68. The topological polar surface area (TPSA) is 99.0 Å². The van der Waals surface area contributed by atoms with Crippen LogP contribution in [0.4, 0.5) is 5.82 Å². The second-order valence-corrected chi connectivity index (χ2v) is 6.67. The Labute approximate surface area is 170 Å². The molecule has 0 aliphatic heterocycles. The molecule has 0 atom stereocenters. The number of nitrogens with one attached hydrogen (secondary N) is 1. The van der Waals surface area contributed by atoms with Gasteiger partial charge in [-0.1, -0.05) is 23.2 Å². The van der Waals surface area contributed by atoms with Gasteiger partial charge >= 0.3 is 5.97 Å². The van der Waals surface area contributed by atoms with Gasteiger partial charge in [-0.25, -0.2) is 19.4 Å². The number of aryl methyl sites for hydroxylation is 2. The molecule has 1 N–H and O–H groups in total. The number of aromatic nitrogens is 4. The van der Waals surface area contributed by atoms with E-state index in [1.165, 1.54) is 18.3 Å². The first-order valence-corrected chi connectivity index (χ1v) is 8.88. The lowest BCUT2D eigenvalue weighted by molar-refractivity contribution is -0.119. The minimum Gasteiger partial charge on any atom is -0.451 e. The van der Waals surface area contributed by atoms with Gasteiger partial charge in [-0.3, -0.25) is 4.79 Å². The van der Waals surface area contributed by atoms with Crippen LogP contribution in [0, 0.1) is 13.8 Å². The number of esters is 1. The third kappa shape index (κ3) is 4.65. The summed E-state index contributed by atoms with van der Waals surface area (Å²) in [6.45, 7) is 3.19. The molecular weight excluding hydrogens is 405 g/mol. The van der Waals surface area contributed by atoms with Crippen LogP contribution in [0.2, 0.25) is 10.0 Å². The van der Waals surface area contributed by atoms with Crippen molar-refractivity contribution in [3.8, 4) is 5.82 Å². The average molecular weight is 420 g/mol. The minimum absolute atomic E-state index is 0.107. The molecule has 3 aromatic rings. The zero-order valence-electron chi connectivity index (χ0n) is 14.9. The largest absolute Gasteiger partial charge is 0.451 e. The summed E-state index contributed by atoms with van der Waals surface area (Å²) < 4.78 is 6.60. The van der Waals surface area contributed by atoms with Crippen molar-refractivity contribution in [2.45, 2.75) is 13.8 Å². The van der Waals surface area contributed by atoms with E-state index in [1.807, 2.05) is 19.9 Å². The number of ether oxygens (including phenoxy) is 1. The molecule has 0 saturated heterocycles. The fraction of sp³-hybridized carbons (Fsp3) is 0.167. The van der Waals surface area contributed by atoms with Gasteiger partial charge in [0.2, 0.25) is 0 Å². The van der Waals surface area contributed by atoms with Crippen molar-refractivity contribution in [3.05, 3.63) is 63.7 Å². The normalized spacial score (nSPS) is 10.6. The predicted octanol–water partition coefficient (Wildman–Crippen LogP) is 3.38. The van der Waals surface area contributed by atoms with Gasteiger partial charge in [0.15, 0.2) is 18.1 Å². The Hall–Kier alpha value is -2.97. The number of carbonyl (C=O) groups excluding carboxylic acids is 2. The monoisotopic (exact) mass is 419 g/mol. The minimum atomic E-state index is -0.826. The van der Waals surface area contributed by atoms with Gasteiger partial charge in [0, 0.05) is 11.9 Å². The number of rotatable bonds is 5. The number of hydrogen-bond donors (Lipinski definition) is 1. The van der Waals surface area contributed by atoms with E-state index in [9.17, 15) is 9.59 Å². The highest BCUT2D eigenvalue weighted by Gasteiger charge is 2.18. The van der Waals surface area contributed by atoms with Crippen molar-refractivity contribution in [1.82, 2.24) is 19.7 Å². The molecular formula is C18H15Cl2N5O3. The number of halogens is 2.